The van der Waals surface area contributed by atoms with E-state index in [1.807, 2.05) is 0 Å². The lowest BCUT2D eigenvalue weighted by atomic mass is 9.96. The van der Waals surface area contributed by atoms with Gasteiger partial charge in [0.25, 0.3) is 0 Å². The van der Waals surface area contributed by atoms with Crippen molar-refractivity contribution in [2.24, 2.45) is 0 Å². The highest BCUT2D eigenvalue weighted by molar-refractivity contribution is 5.34. The molecular weight excluding hydrogens is 238 g/mol. The molecule has 0 fully saturated rings. The number of aryl methyl sites for hydroxylation is 2. The number of hydrogen-bond donors (Lipinski definition) is 1. The largest absolute Gasteiger partial charge is 0.382 e. The average molecular weight is 265 g/mol. The van der Waals surface area contributed by atoms with Crippen molar-refractivity contribution < 1.29 is 9.47 Å². The molecule has 1 aromatic rings. The molecule has 0 amide bonds. The van der Waals surface area contributed by atoms with Crippen LogP contribution in [0.15, 0.2) is 18.2 Å². The third kappa shape index (κ3) is 5.72. The predicted molar refractivity (Wildman–Crippen MR) is 79.8 cm³/mol. The van der Waals surface area contributed by atoms with Crippen LogP contribution in [0, 0.1) is 13.8 Å². The van der Waals surface area contributed by atoms with Crippen molar-refractivity contribution in [3.8, 4) is 0 Å². The first-order valence-electron chi connectivity index (χ1n) is 7.04. The molecule has 0 spiro atoms. The second kappa shape index (κ2) is 9.08. The molecule has 0 aliphatic carbocycles. The van der Waals surface area contributed by atoms with Crippen LogP contribution in [0.4, 0.5) is 0 Å². The van der Waals surface area contributed by atoms with Gasteiger partial charge < -0.3 is 14.8 Å². The number of hydrogen-bond acceptors (Lipinski definition) is 3. The topological polar surface area (TPSA) is 30.5 Å². The van der Waals surface area contributed by atoms with Crippen LogP contribution in [0.3, 0.4) is 0 Å². The van der Waals surface area contributed by atoms with Crippen LogP contribution in [0.2, 0.25) is 0 Å². The van der Waals surface area contributed by atoms with Crippen LogP contribution in [0.5, 0.6) is 0 Å². The molecule has 1 unspecified atom stereocenters. The summed E-state index contributed by atoms with van der Waals surface area (Å²) in [6, 6.07) is 6.83. The molecule has 3 heteroatoms. The van der Waals surface area contributed by atoms with Gasteiger partial charge in [0.05, 0.1) is 19.8 Å². The van der Waals surface area contributed by atoms with Crippen molar-refractivity contribution in [3.63, 3.8) is 0 Å². The summed E-state index contributed by atoms with van der Waals surface area (Å²) in [6.07, 6.45) is 1.01. The molecule has 0 aromatic heterocycles. The fraction of sp³-hybridized carbons (Fsp3) is 0.625. The van der Waals surface area contributed by atoms with E-state index in [4.69, 9.17) is 9.47 Å². The molecule has 0 bridgehead atoms. The van der Waals surface area contributed by atoms with Gasteiger partial charge in [-0.05, 0) is 43.5 Å². The Morgan fingerprint density at radius 1 is 1.16 bits per heavy atom. The predicted octanol–water partition coefficient (Wildman–Crippen LogP) is 2.49. The van der Waals surface area contributed by atoms with Gasteiger partial charge in [-0.25, -0.2) is 0 Å². The van der Waals surface area contributed by atoms with Gasteiger partial charge in [0.2, 0.25) is 0 Å². The second-order valence-electron chi connectivity index (χ2n) is 4.90. The lowest BCUT2D eigenvalue weighted by molar-refractivity contribution is 0.0589. The maximum atomic E-state index is 5.65. The smallest absolute Gasteiger partial charge is 0.0701 e. The Bertz CT molecular complexity index is 346. The highest BCUT2D eigenvalue weighted by Crippen LogP contribution is 2.15. The SMILES string of the molecule is CCNC(COCCOC)Cc1c(C)cccc1C. The van der Waals surface area contributed by atoms with E-state index < -0.39 is 0 Å². The zero-order valence-corrected chi connectivity index (χ0v) is 12.7. The van der Waals surface area contributed by atoms with Crippen molar-refractivity contribution in [1.82, 2.24) is 5.32 Å². The van der Waals surface area contributed by atoms with Gasteiger partial charge >= 0.3 is 0 Å². The average Bonchev–Trinajstić information content (AvgIpc) is 2.39. The summed E-state index contributed by atoms with van der Waals surface area (Å²) < 4.78 is 10.6. The Morgan fingerprint density at radius 3 is 2.42 bits per heavy atom. The molecular formula is C16H27NO2. The molecule has 0 aliphatic rings. The van der Waals surface area contributed by atoms with Gasteiger partial charge in [0.1, 0.15) is 0 Å². The standard InChI is InChI=1S/C16H27NO2/c1-5-17-15(12-19-10-9-18-4)11-16-13(2)7-6-8-14(16)3/h6-8,15,17H,5,9-12H2,1-4H3. The number of likely N-dealkylation sites (N-methyl/N-ethyl adjacent to an activating group) is 1. The molecule has 3 nitrogen and oxygen atoms in total. The zero-order valence-electron chi connectivity index (χ0n) is 12.7. The minimum Gasteiger partial charge on any atom is -0.382 e. The highest BCUT2D eigenvalue weighted by Gasteiger charge is 2.11. The number of nitrogens with one attached hydrogen (secondary N) is 1. The van der Waals surface area contributed by atoms with Gasteiger partial charge in [0, 0.05) is 13.2 Å². The van der Waals surface area contributed by atoms with Crippen LogP contribution in [0.1, 0.15) is 23.6 Å². The number of ether oxygens (including phenoxy) is 2. The molecule has 0 saturated carbocycles. The van der Waals surface area contributed by atoms with E-state index in [0.717, 1.165) is 19.6 Å². The van der Waals surface area contributed by atoms with Crippen molar-refractivity contribution in [2.75, 3.05) is 33.5 Å². The molecule has 1 N–H and O–H groups in total. The Kier molecular flexibility index (Phi) is 7.72. The lowest BCUT2D eigenvalue weighted by Crippen LogP contribution is -2.36. The molecule has 1 aromatic carbocycles. The monoisotopic (exact) mass is 265 g/mol. The van der Waals surface area contributed by atoms with Gasteiger partial charge in [-0.2, -0.15) is 0 Å². The quantitative estimate of drug-likeness (QED) is 0.696. The van der Waals surface area contributed by atoms with E-state index >= 15 is 0 Å². The Balaban J connectivity index is 2.57. The van der Waals surface area contributed by atoms with Crippen molar-refractivity contribution in [1.29, 1.82) is 0 Å². The van der Waals surface area contributed by atoms with Crippen molar-refractivity contribution in [2.45, 2.75) is 33.2 Å². The van der Waals surface area contributed by atoms with E-state index in [9.17, 15) is 0 Å². The fourth-order valence-electron chi connectivity index (χ4n) is 2.26. The first-order valence-corrected chi connectivity index (χ1v) is 7.04. The first-order chi connectivity index (χ1) is 9.19. The summed E-state index contributed by atoms with van der Waals surface area (Å²) >= 11 is 0. The molecule has 19 heavy (non-hydrogen) atoms. The van der Waals surface area contributed by atoms with Crippen molar-refractivity contribution >= 4 is 0 Å². The van der Waals surface area contributed by atoms with Gasteiger partial charge in [0.15, 0.2) is 0 Å². The Hall–Kier alpha value is -0.900. The molecule has 108 valence electrons. The number of methoxy groups -OCH3 is 1. The van der Waals surface area contributed by atoms with Crippen LogP contribution in [0.25, 0.3) is 0 Å². The van der Waals surface area contributed by atoms with Gasteiger partial charge in [-0.3, -0.25) is 0 Å². The molecule has 1 rings (SSSR count). The minimum absolute atomic E-state index is 0.363. The van der Waals surface area contributed by atoms with Crippen LogP contribution >= 0.6 is 0 Å². The third-order valence-corrected chi connectivity index (χ3v) is 3.34. The van der Waals surface area contributed by atoms with Gasteiger partial charge in [-0.15, -0.1) is 0 Å². The Labute approximate surface area is 117 Å². The first kappa shape index (κ1) is 16.2. The summed E-state index contributed by atoms with van der Waals surface area (Å²) in [6.45, 7) is 9.49. The third-order valence-electron chi connectivity index (χ3n) is 3.34. The maximum absolute atomic E-state index is 5.65. The van der Waals surface area contributed by atoms with Crippen molar-refractivity contribution in [3.05, 3.63) is 34.9 Å². The van der Waals surface area contributed by atoms with Crippen LogP contribution < -0.4 is 5.32 Å². The van der Waals surface area contributed by atoms with E-state index in [2.05, 4.69) is 44.3 Å². The van der Waals surface area contributed by atoms with Crippen LogP contribution in [-0.2, 0) is 15.9 Å². The molecule has 0 radical (unpaired) electrons. The summed E-state index contributed by atoms with van der Waals surface area (Å²) in [7, 11) is 1.70. The molecule has 0 heterocycles. The molecule has 0 saturated heterocycles. The van der Waals surface area contributed by atoms with E-state index in [0.29, 0.717) is 19.3 Å². The number of benzene rings is 1. The summed E-state index contributed by atoms with van der Waals surface area (Å²) in [5, 5.41) is 3.50. The zero-order chi connectivity index (χ0) is 14.1. The van der Waals surface area contributed by atoms with Crippen LogP contribution in [-0.4, -0.2) is 39.5 Å². The summed E-state index contributed by atoms with van der Waals surface area (Å²) in [5.41, 5.74) is 4.16. The van der Waals surface area contributed by atoms with E-state index in [1.54, 1.807) is 7.11 Å². The highest BCUT2D eigenvalue weighted by atomic mass is 16.5. The second-order valence-corrected chi connectivity index (χ2v) is 4.90. The number of rotatable bonds is 9. The summed E-state index contributed by atoms with van der Waals surface area (Å²) in [4.78, 5) is 0. The van der Waals surface area contributed by atoms with Gasteiger partial charge in [-0.1, -0.05) is 25.1 Å². The summed E-state index contributed by atoms with van der Waals surface area (Å²) in [5.74, 6) is 0. The van der Waals surface area contributed by atoms with E-state index in [-0.39, 0.29) is 0 Å². The lowest BCUT2D eigenvalue weighted by Gasteiger charge is -2.20. The maximum Gasteiger partial charge on any atom is 0.0701 e. The Morgan fingerprint density at radius 2 is 1.84 bits per heavy atom. The minimum atomic E-state index is 0.363. The fourth-order valence-corrected chi connectivity index (χ4v) is 2.26. The normalized spacial score (nSPS) is 12.6. The molecule has 1 atom stereocenters. The van der Waals surface area contributed by atoms with E-state index in [1.165, 1.54) is 16.7 Å². The molecule has 0 aliphatic heterocycles.